The van der Waals surface area contributed by atoms with Crippen molar-refractivity contribution in [2.45, 2.75) is 13.0 Å². The highest BCUT2D eigenvalue weighted by atomic mass is 32.1. The summed E-state index contributed by atoms with van der Waals surface area (Å²) in [5, 5.41) is 10.1. The highest BCUT2D eigenvalue weighted by Crippen LogP contribution is 2.28. The third kappa shape index (κ3) is 2.00. The van der Waals surface area contributed by atoms with Gasteiger partial charge in [-0.25, -0.2) is 4.98 Å². The standard InChI is InChI=1S/C11H12N2OS/c1-7-11(15-6-13-7)10(14)8-3-2-4-9(12)5-8/h2-6,10,14H,12H2,1H3. The van der Waals surface area contributed by atoms with Crippen molar-refractivity contribution in [3.63, 3.8) is 0 Å². The van der Waals surface area contributed by atoms with Gasteiger partial charge in [0.25, 0.3) is 0 Å². The van der Waals surface area contributed by atoms with Crippen LogP contribution in [0.2, 0.25) is 0 Å². The van der Waals surface area contributed by atoms with Crippen LogP contribution in [0.15, 0.2) is 29.8 Å². The van der Waals surface area contributed by atoms with Gasteiger partial charge >= 0.3 is 0 Å². The smallest absolute Gasteiger partial charge is 0.115 e. The molecule has 0 radical (unpaired) electrons. The van der Waals surface area contributed by atoms with E-state index in [1.54, 1.807) is 17.6 Å². The number of nitrogens with two attached hydrogens (primary N) is 1. The fourth-order valence-corrected chi connectivity index (χ4v) is 2.27. The summed E-state index contributed by atoms with van der Waals surface area (Å²) in [6.07, 6.45) is -0.624. The van der Waals surface area contributed by atoms with Crippen LogP contribution >= 0.6 is 11.3 Å². The van der Waals surface area contributed by atoms with Gasteiger partial charge in [0.2, 0.25) is 0 Å². The van der Waals surface area contributed by atoms with Crippen LogP contribution < -0.4 is 5.73 Å². The Kier molecular flexibility index (Phi) is 2.70. The van der Waals surface area contributed by atoms with Crippen LogP contribution in [0.5, 0.6) is 0 Å². The molecule has 1 aromatic heterocycles. The summed E-state index contributed by atoms with van der Waals surface area (Å²) in [7, 11) is 0. The quantitative estimate of drug-likeness (QED) is 0.762. The van der Waals surface area contributed by atoms with Crippen LogP contribution in [0.1, 0.15) is 22.2 Å². The second kappa shape index (κ2) is 4.00. The topological polar surface area (TPSA) is 59.1 Å². The van der Waals surface area contributed by atoms with E-state index < -0.39 is 6.10 Å². The van der Waals surface area contributed by atoms with Crippen LogP contribution in [0.25, 0.3) is 0 Å². The minimum absolute atomic E-state index is 0.624. The predicted molar refractivity (Wildman–Crippen MR) is 61.8 cm³/mol. The third-order valence-corrected chi connectivity index (χ3v) is 3.24. The van der Waals surface area contributed by atoms with E-state index in [9.17, 15) is 5.11 Å². The number of thiazole rings is 1. The van der Waals surface area contributed by atoms with Gasteiger partial charge in [0.05, 0.1) is 16.1 Å². The molecule has 15 heavy (non-hydrogen) atoms. The number of aliphatic hydroxyl groups is 1. The van der Waals surface area contributed by atoms with Crippen LogP contribution in [0.3, 0.4) is 0 Å². The molecule has 0 saturated carbocycles. The molecular weight excluding hydrogens is 208 g/mol. The average molecular weight is 220 g/mol. The summed E-state index contributed by atoms with van der Waals surface area (Å²) in [4.78, 5) is 4.99. The Morgan fingerprint density at radius 1 is 1.47 bits per heavy atom. The highest BCUT2D eigenvalue weighted by Gasteiger charge is 2.14. The molecule has 1 heterocycles. The lowest BCUT2D eigenvalue weighted by Crippen LogP contribution is -2.00. The number of aromatic nitrogens is 1. The Labute approximate surface area is 92.2 Å². The summed E-state index contributed by atoms with van der Waals surface area (Å²) in [5.41, 5.74) is 9.74. The molecule has 1 aromatic carbocycles. The number of hydrogen-bond acceptors (Lipinski definition) is 4. The summed E-state index contributed by atoms with van der Waals surface area (Å²) < 4.78 is 0. The van der Waals surface area contributed by atoms with E-state index in [0.29, 0.717) is 5.69 Å². The lowest BCUT2D eigenvalue weighted by molar-refractivity contribution is 0.223. The minimum Gasteiger partial charge on any atom is -0.399 e. The Bertz CT molecular complexity index is 467. The molecule has 0 spiro atoms. The van der Waals surface area contributed by atoms with Crippen molar-refractivity contribution in [1.29, 1.82) is 0 Å². The Morgan fingerprint density at radius 2 is 2.27 bits per heavy atom. The first-order valence-corrected chi connectivity index (χ1v) is 5.50. The first-order valence-electron chi connectivity index (χ1n) is 4.62. The molecule has 0 aliphatic rings. The molecule has 1 atom stereocenters. The first kappa shape index (κ1) is 10.1. The van der Waals surface area contributed by atoms with Crippen molar-refractivity contribution in [1.82, 2.24) is 4.98 Å². The second-order valence-electron chi connectivity index (χ2n) is 3.37. The molecule has 2 rings (SSSR count). The summed E-state index contributed by atoms with van der Waals surface area (Å²) >= 11 is 1.46. The maximum absolute atomic E-state index is 10.1. The largest absolute Gasteiger partial charge is 0.399 e. The predicted octanol–water partition coefficient (Wildman–Crippen LogP) is 2.12. The Balaban J connectivity index is 2.36. The molecule has 1 unspecified atom stereocenters. The lowest BCUT2D eigenvalue weighted by Gasteiger charge is -2.10. The maximum atomic E-state index is 10.1. The summed E-state index contributed by atoms with van der Waals surface area (Å²) in [6, 6.07) is 7.28. The zero-order chi connectivity index (χ0) is 10.8. The number of aliphatic hydroxyl groups excluding tert-OH is 1. The van der Waals surface area contributed by atoms with Gasteiger partial charge in [-0.3, -0.25) is 0 Å². The fraction of sp³-hybridized carbons (Fsp3) is 0.182. The van der Waals surface area contributed by atoms with E-state index in [4.69, 9.17) is 5.73 Å². The van der Waals surface area contributed by atoms with Gasteiger partial charge in [0.15, 0.2) is 0 Å². The van der Waals surface area contributed by atoms with Crippen molar-refractivity contribution >= 4 is 17.0 Å². The Morgan fingerprint density at radius 3 is 2.87 bits per heavy atom. The van der Waals surface area contributed by atoms with E-state index in [2.05, 4.69) is 4.98 Å². The zero-order valence-corrected chi connectivity index (χ0v) is 9.16. The van der Waals surface area contributed by atoms with E-state index in [0.717, 1.165) is 16.1 Å². The van der Waals surface area contributed by atoms with Crippen LogP contribution in [-0.2, 0) is 0 Å². The van der Waals surface area contributed by atoms with Crippen molar-refractivity contribution in [3.05, 3.63) is 45.9 Å². The normalized spacial score (nSPS) is 12.7. The highest BCUT2D eigenvalue weighted by molar-refractivity contribution is 7.09. The van der Waals surface area contributed by atoms with Crippen molar-refractivity contribution in [2.24, 2.45) is 0 Å². The molecule has 2 aromatic rings. The fourth-order valence-electron chi connectivity index (χ4n) is 1.45. The van der Waals surface area contributed by atoms with Crippen molar-refractivity contribution in [2.75, 3.05) is 5.73 Å². The first-order chi connectivity index (χ1) is 7.18. The van der Waals surface area contributed by atoms with E-state index in [1.807, 2.05) is 19.1 Å². The monoisotopic (exact) mass is 220 g/mol. The molecule has 4 heteroatoms. The van der Waals surface area contributed by atoms with Gasteiger partial charge in [0.1, 0.15) is 6.10 Å². The number of anilines is 1. The average Bonchev–Trinajstić information content (AvgIpc) is 2.63. The third-order valence-electron chi connectivity index (χ3n) is 2.26. The number of benzene rings is 1. The SMILES string of the molecule is Cc1ncsc1C(O)c1cccc(N)c1. The maximum Gasteiger partial charge on any atom is 0.115 e. The number of nitrogen functional groups attached to an aromatic ring is 1. The number of aryl methyl sites for hydroxylation is 1. The van der Waals surface area contributed by atoms with Crippen molar-refractivity contribution < 1.29 is 5.11 Å². The van der Waals surface area contributed by atoms with E-state index in [-0.39, 0.29) is 0 Å². The summed E-state index contributed by atoms with van der Waals surface area (Å²) in [6.45, 7) is 1.89. The van der Waals surface area contributed by atoms with E-state index >= 15 is 0 Å². The number of hydrogen-bond donors (Lipinski definition) is 2. The summed E-state index contributed by atoms with van der Waals surface area (Å²) in [5.74, 6) is 0. The Hall–Kier alpha value is -1.39. The van der Waals surface area contributed by atoms with Gasteiger partial charge in [-0.2, -0.15) is 0 Å². The van der Waals surface area contributed by atoms with Gasteiger partial charge in [-0.15, -0.1) is 11.3 Å². The van der Waals surface area contributed by atoms with Gasteiger partial charge < -0.3 is 10.8 Å². The molecule has 3 nitrogen and oxygen atoms in total. The molecule has 0 amide bonds. The molecule has 0 aliphatic carbocycles. The van der Waals surface area contributed by atoms with Gasteiger partial charge in [-0.1, -0.05) is 12.1 Å². The molecule has 0 aliphatic heterocycles. The molecule has 3 N–H and O–H groups in total. The minimum atomic E-state index is -0.624. The zero-order valence-electron chi connectivity index (χ0n) is 8.34. The van der Waals surface area contributed by atoms with Crippen LogP contribution in [-0.4, -0.2) is 10.1 Å². The van der Waals surface area contributed by atoms with Gasteiger partial charge in [-0.05, 0) is 24.6 Å². The molecule has 0 bridgehead atoms. The molecule has 0 fully saturated rings. The van der Waals surface area contributed by atoms with Crippen LogP contribution in [0, 0.1) is 6.92 Å². The van der Waals surface area contributed by atoms with E-state index in [1.165, 1.54) is 11.3 Å². The van der Waals surface area contributed by atoms with Crippen LogP contribution in [0.4, 0.5) is 5.69 Å². The van der Waals surface area contributed by atoms with Gasteiger partial charge in [0, 0.05) is 5.69 Å². The second-order valence-corrected chi connectivity index (χ2v) is 4.26. The molecule has 78 valence electrons. The number of rotatable bonds is 2. The van der Waals surface area contributed by atoms with Crippen molar-refractivity contribution in [3.8, 4) is 0 Å². The molecular formula is C11H12N2OS. The lowest BCUT2D eigenvalue weighted by atomic mass is 10.1. The number of nitrogens with zero attached hydrogens (tertiary/aromatic N) is 1. The molecule has 0 saturated heterocycles.